The van der Waals surface area contributed by atoms with Gasteiger partial charge in [-0.15, -0.1) is 0 Å². The van der Waals surface area contributed by atoms with Crippen molar-refractivity contribution in [3.05, 3.63) is 54.5 Å². The molecule has 0 radical (unpaired) electrons. The summed E-state index contributed by atoms with van der Waals surface area (Å²) in [6.45, 7) is 0. The summed E-state index contributed by atoms with van der Waals surface area (Å²) in [5.41, 5.74) is 2.69. The molecule has 0 atom stereocenters. The van der Waals surface area contributed by atoms with E-state index in [0.717, 1.165) is 0 Å². The van der Waals surface area contributed by atoms with Crippen LogP contribution in [-0.4, -0.2) is 7.11 Å². The van der Waals surface area contributed by atoms with Gasteiger partial charge in [-0.2, -0.15) is 0 Å². The van der Waals surface area contributed by atoms with Crippen LogP contribution in [0.4, 0.5) is 5.69 Å². The van der Waals surface area contributed by atoms with Crippen LogP contribution in [-0.2, 0) is 0 Å². The maximum absolute atomic E-state index is 7.72. The Morgan fingerprint density at radius 2 is 2.00 bits per heavy atom. The topological polar surface area (TPSA) is 30.5 Å². The van der Waals surface area contributed by atoms with Gasteiger partial charge in [0.15, 0.2) is 5.75 Å². The molecule has 0 unspecified atom stereocenters. The lowest BCUT2D eigenvalue weighted by atomic mass is 10.3. The molecule has 3 nitrogen and oxygen atoms in total. The maximum Gasteiger partial charge on any atom is 0.158 e. The highest BCUT2D eigenvalue weighted by Gasteiger charge is 1.96. The van der Waals surface area contributed by atoms with E-state index in [4.69, 9.17) is 15.1 Å². The minimum Gasteiger partial charge on any atom is -0.497 e. The number of hydrogen-bond acceptors (Lipinski definition) is 3. The fourth-order valence-corrected chi connectivity index (χ4v) is 1.11. The van der Waals surface area contributed by atoms with Gasteiger partial charge < -0.3 is 9.57 Å². The molecule has 2 aromatic carbocycles. The van der Waals surface area contributed by atoms with Crippen molar-refractivity contribution in [2.75, 3.05) is 12.6 Å². The van der Waals surface area contributed by atoms with Gasteiger partial charge in [-0.25, -0.2) is 5.48 Å². The Balaban J connectivity index is 2.19. The third kappa shape index (κ3) is 2.67. The van der Waals surface area contributed by atoms with Crippen LogP contribution in [0.2, 0.25) is 0 Å². The number of anilines is 1. The first-order valence-electron chi connectivity index (χ1n) is 6.67. The third-order valence-electron chi connectivity index (χ3n) is 1.87. The summed E-state index contributed by atoms with van der Waals surface area (Å²) in [6, 6.07) is 7.23. The van der Waals surface area contributed by atoms with Gasteiger partial charge in [0.05, 0.1) is 18.3 Å². The Labute approximate surface area is 100 Å². The molecule has 2 rings (SSSR count). The van der Waals surface area contributed by atoms with Gasteiger partial charge in [-0.1, -0.05) is 24.2 Å². The standard InChI is InChI=1S/C13H13NO2/c1-15-12-8-5-9-13(10-12)16-14-11-6-3-2-4-7-11/h2-10,14H,1H3/i2D,3D,4D,6D. The first-order valence-corrected chi connectivity index (χ1v) is 4.67. The van der Waals surface area contributed by atoms with E-state index in [1.54, 1.807) is 31.4 Å². The molecule has 0 heterocycles. The van der Waals surface area contributed by atoms with Crippen molar-refractivity contribution in [1.82, 2.24) is 0 Å². The van der Waals surface area contributed by atoms with Crippen LogP contribution < -0.4 is 15.1 Å². The number of nitrogens with one attached hydrogen (secondary N) is 1. The first kappa shape index (κ1) is 6.43. The van der Waals surface area contributed by atoms with Crippen LogP contribution in [0.25, 0.3) is 0 Å². The average Bonchev–Trinajstić information content (AvgIpc) is 2.47. The van der Waals surface area contributed by atoms with Gasteiger partial charge in [-0.3, -0.25) is 0 Å². The van der Waals surface area contributed by atoms with Crippen LogP contribution >= 0.6 is 0 Å². The fourth-order valence-electron chi connectivity index (χ4n) is 1.11. The van der Waals surface area contributed by atoms with Crippen LogP contribution in [0.1, 0.15) is 5.48 Å². The molecule has 2 aromatic rings. The minimum absolute atomic E-state index is 0.136. The minimum atomic E-state index is -0.311. The van der Waals surface area contributed by atoms with Crippen molar-refractivity contribution < 1.29 is 15.1 Å². The van der Waals surface area contributed by atoms with Gasteiger partial charge in [0.1, 0.15) is 5.75 Å². The lowest BCUT2D eigenvalue weighted by Crippen LogP contribution is -2.04. The second-order valence-electron chi connectivity index (χ2n) is 2.96. The van der Waals surface area contributed by atoms with E-state index in [2.05, 4.69) is 5.48 Å². The summed E-state index contributed by atoms with van der Waals surface area (Å²) in [4.78, 5) is 5.29. The summed E-state index contributed by atoms with van der Waals surface area (Å²) >= 11 is 0. The average molecular weight is 219 g/mol. The number of hydrogen-bond donors (Lipinski definition) is 1. The third-order valence-corrected chi connectivity index (χ3v) is 1.87. The molecular formula is C13H13NO2. The highest BCUT2D eigenvalue weighted by molar-refractivity contribution is 5.42. The Morgan fingerprint density at radius 1 is 1.12 bits per heavy atom. The molecule has 3 heteroatoms. The number of para-hydroxylation sites is 1. The molecule has 0 aliphatic carbocycles. The van der Waals surface area contributed by atoms with E-state index in [9.17, 15) is 0 Å². The van der Waals surface area contributed by atoms with E-state index in [1.165, 1.54) is 6.07 Å². The lowest BCUT2D eigenvalue weighted by molar-refractivity contribution is 0.389. The van der Waals surface area contributed by atoms with E-state index < -0.39 is 0 Å². The predicted octanol–water partition coefficient (Wildman–Crippen LogP) is 3.10. The smallest absolute Gasteiger partial charge is 0.158 e. The number of methoxy groups -OCH3 is 1. The van der Waals surface area contributed by atoms with Crippen LogP contribution in [0.5, 0.6) is 11.5 Å². The van der Waals surface area contributed by atoms with Gasteiger partial charge in [0.25, 0.3) is 0 Å². The van der Waals surface area contributed by atoms with E-state index in [1.807, 2.05) is 0 Å². The van der Waals surface area contributed by atoms with Crippen LogP contribution in [0.3, 0.4) is 0 Å². The molecule has 82 valence electrons. The van der Waals surface area contributed by atoms with Gasteiger partial charge in [0, 0.05) is 6.07 Å². The van der Waals surface area contributed by atoms with E-state index in [-0.39, 0.29) is 29.9 Å². The van der Waals surface area contributed by atoms with Crippen molar-refractivity contribution >= 4 is 5.69 Å². The van der Waals surface area contributed by atoms with Crippen molar-refractivity contribution in [3.63, 3.8) is 0 Å². The van der Waals surface area contributed by atoms with Crippen molar-refractivity contribution in [2.24, 2.45) is 0 Å². The molecule has 0 amide bonds. The molecule has 0 spiro atoms. The molecular weight excluding hydrogens is 202 g/mol. The van der Waals surface area contributed by atoms with E-state index in [0.29, 0.717) is 11.5 Å². The summed E-state index contributed by atoms with van der Waals surface area (Å²) in [5, 5.41) is 0. The van der Waals surface area contributed by atoms with Crippen molar-refractivity contribution in [3.8, 4) is 11.5 Å². The molecule has 0 saturated carbocycles. The summed E-state index contributed by atoms with van der Waals surface area (Å²) in [5.74, 6) is 1.09. The number of ether oxygens (including phenoxy) is 1. The zero-order valence-corrected chi connectivity index (χ0v) is 8.70. The Bertz CT molecular complexity index is 634. The van der Waals surface area contributed by atoms with Crippen molar-refractivity contribution in [1.29, 1.82) is 0 Å². The molecule has 0 bridgehead atoms. The summed E-state index contributed by atoms with van der Waals surface area (Å²) in [7, 11) is 1.54. The van der Waals surface area contributed by atoms with E-state index >= 15 is 0 Å². The summed E-state index contributed by atoms with van der Waals surface area (Å²) < 4.78 is 35.3. The largest absolute Gasteiger partial charge is 0.497 e. The number of benzene rings is 2. The Kier molecular flexibility index (Phi) is 2.04. The SMILES string of the molecule is [2H]c1cc(NOc2cccc(OC)c2)c([2H])c([2H])c1[2H]. The molecule has 0 aliphatic heterocycles. The Hall–Kier alpha value is -2.16. The highest BCUT2D eigenvalue weighted by atomic mass is 16.6. The highest BCUT2D eigenvalue weighted by Crippen LogP contribution is 2.19. The normalized spacial score (nSPS) is 13.1. The van der Waals surface area contributed by atoms with Gasteiger partial charge in [0.2, 0.25) is 0 Å². The van der Waals surface area contributed by atoms with Crippen molar-refractivity contribution in [2.45, 2.75) is 0 Å². The van der Waals surface area contributed by atoms with Crippen LogP contribution in [0, 0.1) is 0 Å². The zero-order valence-electron chi connectivity index (χ0n) is 12.7. The predicted molar refractivity (Wildman–Crippen MR) is 63.7 cm³/mol. The maximum atomic E-state index is 7.72. The van der Waals surface area contributed by atoms with Crippen LogP contribution in [0.15, 0.2) is 54.5 Å². The molecule has 16 heavy (non-hydrogen) atoms. The first-order chi connectivity index (χ1) is 9.52. The Morgan fingerprint density at radius 3 is 2.88 bits per heavy atom. The monoisotopic (exact) mass is 219 g/mol. The van der Waals surface area contributed by atoms with Gasteiger partial charge in [-0.05, 0) is 24.2 Å². The fraction of sp³-hybridized carbons (Fsp3) is 0.0769. The number of rotatable bonds is 4. The lowest BCUT2D eigenvalue weighted by Gasteiger charge is -2.08. The quantitative estimate of drug-likeness (QED) is 0.801. The molecule has 0 aliphatic rings. The van der Waals surface area contributed by atoms with Gasteiger partial charge >= 0.3 is 0 Å². The molecule has 0 saturated heterocycles. The molecule has 0 aromatic heterocycles. The summed E-state index contributed by atoms with van der Waals surface area (Å²) in [6.07, 6.45) is 0. The molecule has 1 N–H and O–H groups in total. The second-order valence-corrected chi connectivity index (χ2v) is 2.96. The second kappa shape index (κ2) is 5.07. The molecule has 0 fully saturated rings. The zero-order chi connectivity index (χ0) is 14.7.